The van der Waals surface area contributed by atoms with Gasteiger partial charge in [0.15, 0.2) is 0 Å². The van der Waals surface area contributed by atoms with E-state index in [0.717, 1.165) is 5.56 Å². The molecular formula is C28H28N6O7. The van der Waals surface area contributed by atoms with Crippen molar-refractivity contribution in [2.45, 2.75) is 37.8 Å². The minimum Gasteiger partial charge on any atom is -0.480 e. The number of carboxylic acid groups (broad SMARTS) is 2. The number of Topliss-reactive ketones (excluding diaryl/α,β-unsaturated/α-hetero) is 2. The van der Waals surface area contributed by atoms with Crippen LogP contribution in [-0.4, -0.2) is 103 Å². The fraction of sp³-hybridized carbons (Fsp3) is 0.357. The third kappa shape index (κ3) is 4.20. The number of aromatic amines is 2. The van der Waals surface area contributed by atoms with Crippen molar-refractivity contribution in [3.8, 4) is 0 Å². The molecule has 0 radical (unpaired) electrons. The number of aliphatic imine (C=N–C) groups is 1. The summed E-state index contributed by atoms with van der Waals surface area (Å²) in [6.07, 6.45) is 7.43. The molecule has 13 heteroatoms. The zero-order chi connectivity index (χ0) is 29.0. The van der Waals surface area contributed by atoms with Gasteiger partial charge in [0.1, 0.15) is 23.5 Å². The first-order valence-corrected chi connectivity index (χ1v) is 13.4. The van der Waals surface area contributed by atoms with Crippen LogP contribution < -0.4 is 5.73 Å². The maximum atomic E-state index is 13.3. The molecule has 0 spiro atoms. The molecule has 4 heterocycles. The van der Waals surface area contributed by atoms with Crippen molar-refractivity contribution in [3.05, 3.63) is 58.2 Å². The van der Waals surface area contributed by atoms with E-state index < -0.39 is 35.6 Å². The second kappa shape index (κ2) is 10.0. The maximum absolute atomic E-state index is 13.3. The molecule has 0 aromatic carbocycles. The van der Waals surface area contributed by atoms with Gasteiger partial charge in [0.2, 0.25) is 17.3 Å². The summed E-state index contributed by atoms with van der Waals surface area (Å²) in [5.41, 5.74) is 10.1. The summed E-state index contributed by atoms with van der Waals surface area (Å²) >= 11 is 0. The number of nitrogens with one attached hydrogen (secondary N) is 2. The predicted molar refractivity (Wildman–Crippen MR) is 145 cm³/mol. The lowest BCUT2D eigenvalue weighted by atomic mass is 9.87. The summed E-state index contributed by atoms with van der Waals surface area (Å²) in [4.78, 5) is 75.9. The molecule has 0 bridgehead atoms. The van der Waals surface area contributed by atoms with Crippen LogP contribution in [0.15, 0.2) is 29.5 Å². The molecule has 2 atom stereocenters. The number of hydrogen-bond donors (Lipinski definition) is 5. The van der Waals surface area contributed by atoms with E-state index in [1.165, 1.54) is 6.08 Å². The third-order valence-electron chi connectivity index (χ3n) is 8.10. The summed E-state index contributed by atoms with van der Waals surface area (Å²) in [5.74, 6) is -3.69. The number of nitrogens with zero attached hydrogens (tertiary/aromatic N) is 3. The summed E-state index contributed by atoms with van der Waals surface area (Å²) in [5, 5.41) is 19.8. The van der Waals surface area contributed by atoms with Crippen molar-refractivity contribution < 1.29 is 34.2 Å². The highest BCUT2D eigenvalue weighted by molar-refractivity contribution is 6.52. The standard InChI is InChI=1S/C28H28N6O7/c29-3-1-5-33-16-9-15(25(36)23-21(16)13(11-31-23)7-18(33)27(38)39)30-4-2-6-34-17-10-20(35)26(37)24-22(17)14(12-32-24)8-19(34)28(40)41/h9-12,18-19,31-32H,1-8,29H2,(H,38,39)(H,40,41). The molecule has 2 aromatic rings. The van der Waals surface area contributed by atoms with Crippen LogP contribution in [0.1, 0.15) is 56.1 Å². The number of carbonyl (C=O) groups excluding carboxylic acids is 3. The second-order valence-electron chi connectivity index (χ2n) is 10.5. The number of carboxylic acids is 2. The smallest absolute Gasteiger partial charge is 0.326 e. The Morgan fingerprint density at radius 1 is 0.854 bits per heavy atom. The number of H-pyrrole nitrogens is 2. The monoisotopic (exact) mass is 560 g/mol. The van der Waals surface area contributed by atoms with Crippen molar-refractivity contribution in [3.63, 3.8) is 0 Å². The van der Waals surface area contributed by atoms with E-state index in [9.17, 15) is 34.2 Å². The van der Waals surface area contributed by atoms with Crippen molar-refractivity contribution >= 4 is 46.4 Å². The van der Waals surface area contributed by atoms with Crippen LogP contribution in [0.4, 0.5) is 0 Å². The fourth-order valence-electron chi connectivity index (χ4n) is 6.21. The van der Waals surface area contributed by atoms with Crippen LogP contribution in [0.2, 0.25) is 0 Å². The molecule has 41 heavy (non-hydrogen) atoms. The van der Waals surface area contributed by atoms with Crippen LogP contribution in [0.3, 0.4) is 0 Å². The summed E-state index contributed by atoms with van der Waals surface area (Å²) in [6.45, 7) is 1.20. The fourth-order valence-corrected chi connectivity index (χ4v) is 6.21. The predicted octanol–water partition coefficient (Wildman–Crippen LogP) is 0.489. The van der Waals surface area contributed by atoms with E-state index in [0.29, 0.717) is 59.7 Å². The molecule has 0 amide bonds. The van der Waals surface area contributed by atoms with E-state index in [4.69, 9.17) is 5.73 Å². The molecule has 4 aliphatic rings. The highest BCUT2D eigenvalue weighted by atomic mass is 16.4. The first-order chi connectivity index (χ1) is 19.7. The molecule has 6 rings (SSSR count). The first-order valence-electron chi connectivity index (χ1n) is 13.4. The van der Waals surface area contributed by atoms with Gasteiger partial charge in [0.05, 0.1) is 11.4 Å². The molecule has 6 N–H and O–H groups in total. The summed E-state index contributed by atoms with van der Waals surface area (Å²) in [6, 6.07) is -1.73. The number of rotatable bonds is 9. The highest BCUT2D eigenvalue weighted by Crippen LogP contribution is 2.39. The lowest BCUT2D eigenvalue weighted by molar-refractivity contribution is -0.143. The SMILES string of the molecule is NCCCN1C2=CC(=NCCCN3C4=CC(=O)C(=O)c5[nH]cc(c54)CC3C(=O)O)C(=O)c3[nH]cc(c32)CC1C(=O)O. The zero-order valence-electron chi connectivity index (χ0n) is 22.0. The molecular weight excluding hydrogens is 532 g/mol. The molecule has 0 saturated carbocycles. The Labute approximate surface area is 233 Å². The summed E-state index contributed by atoms with van der Waals surface area (Å²) in [7, 11) is 0. The number of ketones is 3. The number of hydrogen-bond acceptors (Lipinski definition) is 9. The second-order valence-corrected chi connectivity index (χ2v) is 10.5. The zero-order valence-corrected chi connectivity index (χ0v) is 22.0. The molecule has 13 nitrogen and oxygen atoms in total. The molecule has 212 valence electrons. The van der Waals surface area contributed by atoms with Crippen molar-refractivity contribution in [1.29, 1.82) is 0 Å². The lowest BCUT2D eigenvalue weighted by Gasteiger charge is -2.38. The lowest BCUT2D eigenvalue weighted by Crippen LogP contribution is -2.46. The number of aliphatic carboxylic acids is 2. The Bertz CT molecular complexity index is 1610. The largest absolute Gasteiger partial charge is 0.480 e. The van der Waals surface area contributed by atoms with Crippen molar-refractivity contribution in [2.24, 2.45) is 10.7 Å². The van der Waals surface area contributed by atoms with Crippen molar-refractivity contribution in [1.82, 2.24) is 19.8 Å². The van der Waals surface area contributed by atoms with E-state index >= 15 is 0 Å². The van der Waals surface area contributed by atoms with Crippen LogP contribution in [0.25, 0.3) is 11.4 Å². The van der Waals surface area contributed by atoms with Crippen LogP contribution >= 0.6 is 0 Å². The molecule has 2 aliphatic heterocycles. The Balaban J connectivity index is 1.25. The van der Waals surface area contributed by atoms with Gasteiger partial charge < -0.3 is 35.7 Å². The van der Waals surface area contributed by atoms with Gasteiger partial charge in [-0.2, -0.15) is 0 Å². The number of carbonyl (C=O) groups is 5. The van der Waals surface area contributed by atoms with E-state index in [-0.39, 0.29) is 43.1 Å². The maximum Gasteiger partial charge on any atom is 0.326 e. The molecule has 2 aromatic heterocycles. The van der Waals surface area contributed by atoms with E-state index in [1.54, 1.807) is 28.3 Å². The number of aromatic nitrogens is 2. The molecule has 0 saturated heterocycles. The Hall–Kier alpha value is -4.78. The van der Waals surface area contributed by atoms with Gasteiger partial charge in [-0.1, -0.05) is 0 Å². The Morgan fingerprint density at radius 3 is 1.95 bits per heavy atom. The molecule has 0 fully saturated rings. The Morgan fingerprint density at radius 2 is 1.39 bits per heavy atom. The van der Waals surface area contributed by atoms with Crippen LogP contribution in [0, 0.1) is 0 Å². The van der Waals surface area contributed by atoms with Crippen molar-refractivity contribution in [2.75, 3.05) is 26.2 Å². The van der Waals surface area contributed by atoms with Gasteiger partial charge >= 0.3 is 11.9 Å². The minimum atomic E-state index is -1.06. The Kier molecular flexibility index (Phi) is 6.45. The minimum absolute atomic E-state index is 0.167. The van der Waals surface area contributed by atoms with Gasteiger partial charge in [0.25, 0.3) is 0 Å². The highest BCUT2D eigenvalue weighted by Gasteiger charge is 2.42. The van der Waals surface area contributed by atoms with Crippen LogP contribution in [-0.2, 0) is 27.2 Å². The van der Waals surface area contributed by atoms with E-state index in [2.05, 4.69) is 15.0 Å². The van der Waals surface area contributed by atoms with Gasteiger partial charge in [0, 0.05) is 67.8 Å². The van der Waals surface area contributed by atoms with Gasteiger partial charge in [-0.05, 0) is 36.6 Å². The topological polar surface area (TPSA) is 202 Å². The first kappa shape index (κ1) is 26.4. The number of nitrogens with two attached hydrogens (primary N) is 1. The van der Waals surface area contributed by atoms with Gasteiger partial charge in [-0.25, -0.2) is 9.59 Å². The van der Waals surface area contributed by atoms with E-state index in [1.807, 2.05) is 0 Å². The number of allylic oxidation sites excluding steroid dienone is 2. The average molecular weight is 561 g/mol. The molecule has 2 aliphatic carbocycles. The van der Waals surface area contributed by atoms with Gasteiger partial charge in [-0.3, -0.25) is 19.4 Å². The third-order valence-corrected chi connectivity index (χ3v) is 8.10. The summed E-state index contributed by atoms with van der Waals surface area (Å²) < 4.78 is 0. The van der Waals surface area contributed by atoms with Crippen LogP contribution in [0.5, 0.6) is 0 Å². The molecule has 2 unspecified atom stereocenters. The average Bonchev–Trinajstić information content (AvgIpc) is 3.57. The van der Waals surface area contributed by atoms with Gasteiger partial charge in [-0.15, -0.1) is 0 Å². The normalized spacial score (nSPS) is 22.0. The quantitative estimate of drug-likeness (QED) is 0.212.